The molecule has 1 atom stereocenters. The highest BCUT2D eigenvalue weighted by Crippen LogP contribution is 2.15. The van der Waals surface area contributed by atoms with Crippen LogP contribution in [-0.4, -0.2) is 63.8 Å². The van der Waals surface area contributed by atoms with Crippen LogP contribution in [0.3, 0.4) is 0 Å². The van der Waals surface area contributed by atoms with E-state index >= 15 is 0 Å². The van der Waals surface area contributed by atoms with Crippen LogP contribution in [0.2, 0.25) is 0 Å². The van der Waals surface area contributed by atoms with Crippen molar-refractivity contribution in [1.82, 2.24) is 15.1 Å². The van der Waals surface area contributed by atoms with Gasteiger partial charge in [-0.2, -0.15) is 5.10 Å². The average molecular weight is 429 g/mol. The second-order valence-corrected chi connectivity index (χ2v) is 7.57. The Kier molecular flexibility index (Phi) is 12.6. The lowest BCUT2D eigenvalue weighted by Crippen LogP contribution is -2.27. The molecule has 1 rings (SSSR count). The van der Waals surface area contributed by atoms with Crippen LogP contribution in [0.5, 0.6) is 0 Å². The van der Waals surface area contributed by atoms with Gasteiger partial charge in [0.05, 0.1) is 6.54 Å². The van der Waals surface area contributed by atoms with Crippen LogP contribution in [0.4, 0.5) is 4.79 Å². The number of thiocarbonyl (C=S) groups is 1. The zero-order chi connectivity index (χ0) is 20.6. The third kappa shape index (κ3) is 10.8. The van der Waals surface area contributed by atoms with Gasteiger partial charge < -0.3 is 14.8 Å². The lowest BCUT2D eigenvalue weighted by Gasteiger charge is -2.12. The highest BCUT2D eigenvalue weighted by molar-refractivity contribution is 8.23. The number of alkyl carbamates (subject to hydrolysis) is 1. The van der Waals surface area contributed by atoms with E-state index < -0.39 is 17.3 Å². The third-order valence-corrected chi connectivity index (χ3v) is 4.80. The first-order valence-corrected chi connectivity index (χ1v) is 10.1. The van der Waals surface area contributed by atoms with Gasteiger partial charge in [-0.3, -0.25) is 4.79 Å². The number of nitrogens with zero attached hydrogens (tertiary/aromatic N) is 3. The van der Waals surface area contributed by atoms with E-state index in [-0.39, 0.29) is 13.2 Å². The summed E-state index contributed by atoms with van der Waals surface area (Å²) in [6.45, 7) is 2.62. The monoisotopic (exact) mass is 428 g/mol. The summed E-state index contributed by atoms with van der Waals surface area (Å²) in [6.07, 6.45) is 7.72. The first-order valence-electron chi connectivity index (χ1n) is 8.86. The highest BCUT2D eigenvalue weighted by Gasteiger charge is 2.18. The third-order valence-electron chi connectivity index (χ3n) is 3.39. The summed E-state index contributed by atoms with van der Waals surface area (Å²) in [7, 11) is 0. The number of aliphatic imine (C=N–C) groups is 1. The molecule has 1 heterocycles. The van der Waals surface area contributed by atoms with Gasteiger partial charge in [-0.15, -0.1) is 0 Å². The highest BCUT2D eigenvalue weighted by atomic mass is 32.2. The number of hydrogen-bond acceptors (Lipinski definition) is 9. The molecule has 0 saturated carbocycles. The molecule has 9 nitrogen and oxygen atoms in total. The SMILES string of the molecule is CC(SC(=S)n1cccn1)C(=O)OCCOC(=O)NCCCCCCN=C=O. The van der Waals surface area contributed by atoms with E-state index in [2.05, 4.69) is 15.4 Å². The van der Waals surface area contributed by atoms with Gasteiger partial charge in [0.25, 0.3) is 0 Å². The largest absolute Gasteiger partial charge is 0.461 e. The van der Waals surface area contributed by atoms with Crippen molar-refractivity contribution in [3.63, 3.8) is 0 Å². The van der Waals surface area contributed by atoms with Gasteiger partial charge in [-0.1, -0.05) is 36.8 Å². The lowest BCUT2D eigenvalue weighted by molar-refractivity contribution is -0.143. The first kappa shape index (κ1) is 23.8. The van der Waals surface area contributed by atoms with E-state index in [0.717, 1.165) is 37.4 Å². The fraction of sp³-hybridized carbons (Fsp3) is 0.588. The number of aromatic nitrogens is 2. The maximum absolute atomic E-state index is 11.9. The van der Waals surface area contributed by atoms with Crippen molar-refractivity contribution < 1.29 is 23.9 Å². The average Bonchev–Trinajstić information content (AvgIpc) is 3.22. The van der Waals surface area contributed by atoms with Crippen LogP contribution < -0.4 is 5.32 Å². The molecule has 0 aliphatic rings. The summed E-state index contributed by atoms with van der Waals surface area (Å²) in [4.78, 5) is 36.8. The molecule has 0 fully saturated rings. The minimum Gasteiger partial charge on any atom is -0.461 e. The maximum Gasteiger partial charge on any atom is 0.407 e. The van der Waals surface area contributed by atoms with E-state index in [1.165, 1.54) is 10.8 Å². The molecule has 1 unspecified atom stereocenters. The summed E-state index contributed by atoms with van der Waals surface area (Å²) < 4.78 is 12.0. The summed E-state index contributed by atoms with van der Waals surface area (Å²) in [5, 5.41) is 6.12. The Hall–Kier alpha value is -2.23. The molecular formula is C17H24N4O5S2. The fourth-order valence-corrected chi connectivity index (χ4v) is 3.20. The standard InChI is InChI=1S/C17H24N4O5S2/c1-14(28-17(27)21-10-6-9-20-21)15(23)25-11-12-26-16(24)19-8-5-3-2-4-7-18-13-22/h6,9-10,14H,2-5,7-8,11-12H2,1H3,(H,19,24). The molecule has 11 heteroatoms. The molecule has 1 aromatic heterocycles. The van der Waals surface area contributed by atoms with Gasteiger partial charge in [0, 0.05) is 18.9 Å². The van der Waals surface area contributed by atoms with Crippen molar-refractivity contribution in [2.24, 2.45) is 4.99 Å². The van der Waals surface area contributed by atoms with Crippen LogP contribution in [0.1, 0.15) is 32.6 Å². The van der Waals surface area contributed by atoms with Gasteiger partial charge >= 0.3 is 12.1 Å². The van der Waals surface area contributed by atoms with Gasteiger partial charge in [0.15, 0.2) is 4.32 Å². The van der Waals surface area contributed by atoms with Crippen molar-refractivity contribution in [1.29, 1.82) is 0 Å². The maximum atomic E-state index is 11.9. The molecule has 0 spiro atoms. The molecule has 0 aromatic carbocycles. The summed E-state index contributed by atoms with van der Waals surface area (Å²) >= 11 is 6.35. The lowest BCUT2D eigenvalue weighted by atomic mass is 10.2. The van der Waals surface area contributed by atoms with Gasteiger partial charge in [0.2, 0.25) is 6.08 Å². The second-order valence-electron chi connectivity index (χ2n) is 5.59. The fourth-order valence-electron chi connectivity index (χ4n) is 1.98. The molecule has 1 N–H and O–H groups in total. The van der Waals surface area contributed by atoms with E-state index in [4.69, 9.17) is 21.7 Å². The van der Waals surface area contributed by atoms with E-state index in [9.17, 15) is 14.4 Å². The Morgan fingerprint density at radius 3 is 2.75 bits per heavy atom. The van der Waals surface area contributed by atoms with Crippen LogP contribution >= 0.6 is 24.0 Å². The zero-order valence-electron chi connectivity index (χ0n) is 15.7. The van der Waals surface area contributed by atoms with Crippen molar-refractivity contribution >= 4 is 46.4 Å². The quantitative estimate of drug-likeness (QED) is 0.177. The number of carbonyl (C=O) groups is 2. The Balaban J connectivity index is 2.02. The minimum absolute atomic E-state index is 0.0249. The molecule has 1 amide bonds. The molecular weight excluding hydrogens is 404 g/mol. The van der Waals surface area contributed by atoms with Crippen LogP contribution in [0, 0.1) is 0 Å². The van der Waals surface area contributed by atoms with Gasteiger partial charge in [-0.05, 0) is 25.8 Å². The van der Waals surface area contributed by atoms with E-state index in [1.54, 1.807) is 25.4 Å². The Bertz CT molecular complexity index is 663. The number of rotatable bonds is 12. The Morgan fingerprint density at radius 1 is 1.29 bits per heavy atom. The number of esters is 1. The van der Waals surface area contributed by atoms with E-state index in [0.29, 0.717) is 17.4 Å². The molecule has 0 bridgehead atoms. The number of thioether (sulfide) groups is 1. The van der Waals surface area contributed by atoms with Crippen molar-refractivity contribution in [2.45, 2.75) is 37.9 Å². The van der Waals surface area contributed by atoms with Crippen LogP contribution in [-0.2, 0) is 19.1 Å². The number of carbonyl (C=O) groups excluding carboxylic acids is 3. The number of ether oxygens (including phenoxy) is 2. The molecule has 0 aliphatic heterocycles. The molecule has 28 heavy (non-hydrogen) atoms. The number of hydrogen-bond donors (Lipinski definition) is 1. The molecule has 0 aliphatic carbocycles. The number of amides is 1. The zero-order valence-corrected chi connectivity index (χ0v) is 17.3. The predicted octanol–water partition coefficient (Wildman–Crippen LogP) is 2.30. The van der Waals surface area contributed by atoms with Crippen LogP contribution in [0.25, 0.3) is 0 Å². The minimum atomic E-state index is -0.552. The van der Waals surface area contributed by atoms with E-state index in [1.807, 2.05) is 0 Å². The molecule has 154 valence electrons. The summed E-state index contributed by atoms with van der Waals surface area (Å²) in [5.74, 6) is -0.442. The molecule has 0 radical (unpaired) electrons. The first-order chi connectivity index (χ1) is 13.5. The summed E-state index contributed by atoms with van der Waals surface area (Å²) in [6, 6.07) is 1.74. The van der Waals surface area contributed by atoms with Crippen molar-refractivity contribution in [3.05, 3.63) is 18.5 Å². The number of nitrogens with one attached hydrogen (secondary N) is 1. The van der Waals surface area contributed by atoms with Gasteiger partial charge in [-0.25, -0.2) is 19.3 Å². The Labute approximate surface area is 173 Å². The van der Waals surface area contributed by atoms with Gasteiger partial charge in [0.1, 0.15) is 18.5 Å². The smallest absolute Gasteiger partial charge is 0.407 e. The summed E-state index contributed by atoms with van der Waals surface area (Å²) in [5.41, 5.74) is 0. The van der Waals surface area contributed by atoms with Crippen molar-refractivity contribution in [3.8, 4) is 0 Å². The van der Waals surface area contributed by atoms with Crippen molar-refractivity contribution in [2.75, 3.05) is 26.3 Å². The predicted molar refractivity (Wildman–Crippen MR) is 109 cm³/mol. The Morgan fingerprint density at radius 2 is 2.04 bits per heavy atom. The molecule has 1 aromatic rings. The normalized spacial score (nSPS) is 11.2. The second kappa shape index (κ2) is 14.8. The number of unbranched alkanes of at least 4 members (excludes halogenated alkanes) is 3. The number of isocyanates is 1. The molecule has 0 saturated heterocycles. The topological polar surface area (TPSA) is 112 Å². The van der Waals surface area contributed by atoms with Crippen LogP contribution in [0.15, 0.2) is 23.5 Å².